The molecule has 2 N–H and O–H groups in total. The number of amides is 1. The first kappa shape index (κ1) is 12.4. The van der Waals surface area contributed by atoms with Gasteiger partial charge in [-0.25, -0.2) is 4.79 Å². The number of anilines is 1. The summed E-state index contributed by atoms with van der Waals surface area (Å²) in [5, 5.41) is 0. The van der Waals surface area contributed by atoms with Crippen LogP contribution in [0.15, 0.2) is 22.7 Å². The predicted molar refractivity (Wildman–Crippen MR) is 70.2 cm³/mol. The Hall–Kier alpha value is -1.07. The number of halogens is 1. The average Bonchev–Trinajstić information content (AvgIpc) is 2.30. The van der Waals surface area contributed by atoms with Gasteiger partial charge in [-0.05, 0) is 40.5 Å². The van der Waals surface area contributed by atoms with Crippen molar-refractivity contribution in [3.8, 4) is 0 Å². The Kier molecular flexibility index (Phi) is 3.69. The van der Waals surface area contributed by atoms with E-state index in [-0.39, 0.29) is 12.1 Å². The molecule has 17 heavy (non-hydrogen) atoms. The minimum absolute atomic E-state index is 0.00950. The van der Waals surface area contributed by atoms with Crippen LogP contribution in [-0.4, -0.2) is 25.3 Å². The lowest BCUT2D eigenvalue weighted by Gasteiger charge is -2.34. The summed E-state index contributed by atoms with van der Waals surface area (Å²) >= 11 is 3.48. The largest absolute Gasteiger partial charge is 0.449 e. The minimum Gasteiger partial charge on any atom is -0.449 e. The maximum absolute atomic E-state index is 11.8. The number of carbonyl (C=O) groups excluding carboxylic acids is 1. The number of cyclic esters (lactones) is 1. The molecule has 1 saturated heterocycles. The third-order valence-electron chi connectivity index (χ3n) is 2.87. The first-order valence-electron chi connectivity index (χ1n) is 5.55. The van der Waals surface area contributed by atoms with Crippen molar-refractivity contribution in [1.82, 2.24) is 0 Å². The lowest BCUT2D eigenvalue weighted by molar-refractivity contribution is 0.130. The average molecular weight is 299 g/mol. The van der Waals surface area contributed by atoms with Gasteiger partial charge < -0.3 is 10.5 Å². The van der Waals surface area contributed by atoms with Gasteiger partial charge in [0.15, 0.2) is 0 Å². The molecule has 0 saturated carbocycles. The summed E-state index contributed by atoms with van der Waals surface area (Å²) in [4.78, 5) is 13.5. The molecule has 4 nitrogen and oxygen atoms in total. The lowest BCUT2D eigenvalue weighted by atomic mass is 10.1. The van der Waals surface area contributed by atoms with Crippen molar-refractivity contribution in [3.05, 3.63) is 28.2 Å². The summed E-state index contributed by atoms with van der Waals surface area (Å²) in [6.45, 7) is 2.89. The summed E-state index contributed by atoms with van der Waals surface area (Å²) in [7, 11) is 0. The van der Waals surface area contributed by atoms with Gasteiger partial charge in [0.1, 0.15) is 0 Å². The molecule has 1 aromatic carbocycles. The number of hydrogen-bond acceptors (Lipinski definition) is 3. The Morgan fingerprint density at radius 2 is 2.35 bits per heavy atom. The zero-order valence-corrected chi connectivity index (χ0v) is 11.2. The van der Waals surface area contributed by atoms with Crippen molar-refractivity contribution >= 4 is 27.7 Å². The van der Waals surface area contributed by atoms with E-state index >= 15 is 0 Å². The van der Waals surface area contributed by atoms with Crippen LogP contribution in [0.3, 0.4) is 0 Å². The second kappa shape index (κ2) is 5.06. The van der Waals surface area contributed by atoms with Crippen LogP contribution in [0, 0.1) is 6.92 Å². The molecule has 0 aliphatic carbocycles. The van der Waals surface area contributed by atoms with Crippen LogP contribution >= 0.6 is 15.9 Å². The molecule has 5 heteroatoms. The fraction of sp³-hybridized carbons (Fsp3) is 0.417. The van der Waals surface area contributed by atoms with Gasteiger partial charge in [0.25, 0.3) is 0 Å². The van der Waals surface area contributed by atoms with Crippen LogP contribution in [0.2, 0.25) is 0 Å². The Balaban J connectivity index is 2.38. The highest BCUT2D eigenvalue weighted by atomic mass is 79.9. The molecular weight excluding hydrogens is 284 g/mol. The van der Waals surface area contributed by atoms with Crippen molar-refractivity contribution in [3.63, 3.8) is 0 Å². The maximum atomic E-state index is 11.8. The fourth-order valence-corrected chi connectivity index (χ4v) is 2.64. The number of hydrogen-bond donors (Lipinski definition) is 1. The normalized spacial score (nSPS) is 20.3. The first-order valence-corrected chi connectivity index (χ1v) is 6.35. The molecule has 1 atom stereocenters. The predicted octanol–water partition coefficient (Wildman–Crippen LogP) is 2.43. The highest BCUT2D eigenvalue weighted by molar-refractivity contribution is 9.10. The van der Waals surface area contributed by atoms with Gasteiger partial charge in [-0.2, -0.15) is 0 Å². The standard InChI is InChI=1S/C12H15BrN2O2/c1-8-2-3-11(10(13)6-8)15-9(7-14)4-5-17-12(15)16/h2-3,6,9H,4-5,7,14H2,1H3. The second-order valence-electron chi connectivity index (χ2n) is 4.12. The third kappa shape index (κ3) is 2.45. The Morgan fingerprint density at radius 1 is 1.59 bits per heavy atom. The topological polar surface area (TPSA) is 55.6 Å². The van der Waals surface area contributed by atoms with E-state index in [9.17, 15) is 4.79 Å². The van der Waals surface area contributed by atoms with Crippen LogP contribution < -0.4 is 10.6 Å². The molecule has 0 aromatic heterocycles. The summed E-state index contributed by atoms with van der Waals surface area (Å²) in [6.07, 6.45) is 0.444. The van der Waals surface area contributed by atoms with Gasteiger partial charge in [0.05, 0.1) is 18.3 Å². The van der Waals surface area contributed by atoms with Gasteiger partial charge >= 0.3 is 6.09 Å². The van der Waals surface area contributed by atoms with E-state index in [4.69, 9.17) is 10.5 Å². The van der Waals surface area contributed by atoms with Crippen molar-refractivity contribution in [2.75, 3.05) is 18.1 Å². The van der Waals surface area contributed by atoms with E-state index in [2.05, 4.69) is 15.9 Å². The van der Waals surface area contributed by atoms with Gasteiger partial charge in [-0.3, -0.25) is 4.90 Å². The molecule has 1 heterocycles. The molecule has 0 radical (unpaired) electrons. The minimum atomic E-state index is -0.323. The SMILES string of the molecule is Cc1ccc(N2C(=O)OCCC2CN)c(Br)c1. The number of rotatable bonds is 2. The van der Waals surface area contributed by atoms with Gasteiger partial charge in [0.2, 0.25) is 0 Å². The Morgan fingerprint density at radius 3 is 3.00 bits per heavy atom. The summed E-state index contributed by atoms with van der Waals surface area (Å²) in [5.41, 5.74) is 7.66. The zero-order chi connectivity index (χ0) is 12.4. The van der Waals surface area contributed by atoms with E-state index in [0.717, 1.165) is 22.1 Å². The highest BCUT2D eigenvalue weighted by Crippen LogP contribution is 2.31. The van der Waals surface area contributed by atoms with Crippen molar-refractivity contribution in [2.45, 2.75) is 19.4 Å². The molecule has 1 fully saturated rings. The van der Waals surface area contributed by atoms with Crippen molar-refractivity contribution in [1.29, 1.82) is 0 Å². The third-order valence-corrected chi connectivity index (χ3v) is 3.51. The molecule has 1 aliphatic heterocycles. The van der Waals surface area contributed by atoms with Gasteiger partial charge in [0, 0.05) is 17.4 Å². The molecule has 1 aliphatic rings. The van der Waals surface area contributed by atoms with Crippen LogP contribution in [0.5, 0.6) is 0 Å². The molecule has 1 aromatic rings. The summed E-state index contributed by atoms with van der Waals surface area (Å²) in [5.74, 6) is 0. The maximum Gasteiger partial charge on any atom is 0.414 e. The summed E-state index contributed by atoms with van der Waals surface area (Å²) in [6, 6.07) is 5.87. The molecule has 1 unspecified atom stereocenters. The monoisotopic (exact) mass is 298 g/mol. The van der Waals surface area contributed by atoms with Crippen molar-refractivity contribution < 1.29 is 9.53 Å². The molecule has 1 amide bonds. The van der Waals surface area contributed by atoms with Crippen LogP contribution in [0.1, 0.15) is 12.0 Å². The number of ether oxygens (including phenoxy) is 1. The van der Waals surface area contributed by atoms with E-state index in [0.29, 0.717) is 13.2 Å². The fourth-order valence-electron chi connectivity index (χ4n) is 1.96. The molecule has 0 spiro atoms. The number of carbonyl (C=O) groups is 1. The van der Waals surface area contributed by atoms with Crippen LogP contribution in [-0.2, 0) is 4.74 Å². The van der Waals surface area contributed by atoms with E-state index in [1.54, 1.807) is 4.90 Å². The lowest BCUT2D eigenvalue weighted by Crippen LogP contribution is -2.49. The number of benzene rings is 1. The van der Waals surface area contributed by atoms with Crippen LogP contribution in [0.25, 0.3) is 0 Å². The van der Waals surface area contributed by atoms with Crippen molar-refractivity contribution in [2.24, 2.45) is 5.73 Å². The van der Waals surface area contributed by atoms with Gasteiger partial charge in [-0.1, -0.05) is 6.07 Å². The quantitative estimate of drug-likeness (QED) is 0.912. The van der Waals surface area contributed by atoms with E-state index in [1.807, 2.05) is 25.1 Å². The molecule has 0 bridgehead atoms. The smallest absolute Gasteiger partial charge is 0.414 e. The molecule has 92 valence electrons. The van der Waals surface area contributed by atoms with E-state index in [1.165, 1.54) is 0 Å². The van der Waals surface area contributed by atoms with E-state index < -0.39 is 0 Å². The Bertz CT molecular complexity index is 437. The summed E-state index contributed by atoms with van der Waals surface area (Å²) < 4.78 is 5.96. The second-order valence-corrected chi connectivity index (χ2v) is 4.97. The van der Waals surface area contributed by atoms with Gasteiger partial charge in [-0.15, -0.1) is 0 Å². The Labute approximate surface area is 109 Å². The number of nitrogens with two attached hydrogens (primary N) is 1. The first-order chi connectivity index (χ1) is 8.13. The zero-order valence-electron chi connectivity index (χ0n) is 9.65. The van der Waals surface area contributed by atoms with Crippen LogP contribution in [0.4, 0.5) is 10.5 Å². The number of nitrogens with zero attached hydrogens (tertiary/aromatic N) is 1. The number of aryl methyl sites for hydroxylation is 1. The molecular formula is C12H15BrN2O2. The highest BCUT2D eigenvalue weighted by Gasteiger charge is 2.31. The molecule has 2 rings (SSSR count).